The Morgan fingerprint density at radius 1 is 0.939 bits per heavy atom. The smallest absolute Gasteiger partial charge is 0.318 e. The van der Waals surface area contributed by atoms with Gasteiger partial charge in [0, 0.05) is 32.4 Å². The summed E-state index contributed by atoms with van der Waals surface area (Å²) >= 11 is 0. The van der Waals surface area contributed by atoms with Gasteiger partial charge in [0.1, 0.15) is 6.04 Å². The lowest BCUT2D eigenvalue weighted by Gasteiger charge is -2.33. The van der Waals surface area contributed by atoms with Crippen LogP contribution in [0.15, 0.2) is 88.9 Å². The van der Waals surface area contributed by atoms with Crippen molar-refractivity contribution in [2.75, 3.05) is 25.9 Å². The van der Waals surface area contributed by atoms with Crippen molar-refractivity contribution < 1.29 is 28.3 Å². The van der Waals surface area contributed by atoms with Crippen molar-refractivity contribution in [2.24, 2.45) is 17.0 Å². The van der Waals surface area contributed by atoms with Gasteiger partial charge in [0.2, 0.25) is 15.9 Å². The summed E-state index contributed by atoms with van der Waals surface area (Å²) < 4.78 is 28.9. The summed E-state index contributed by atoms with van der Waals surface area (Å²) in [5.74, 6) is -0.811. The molecular weight excluding hydrogens is 644 g/mol. The van der Waals surface area contributed by atoms with Crippen LogP contribution in [-0.4, -0.2) is 84.4 Å². The Morgan fingerprint density at radius 3 is 2.18 bits per heavy atom. The van der Waals surface area contributed by atoms with E-state index in [0.717, 1.165) is 11.1 Å². The molecule has 3 aromatic rings. The number of benzene rings is 3. The van der Waals surface area contributed by atoms with Crippen molar-refractivity contribution in [2.45, 2.75) is 70.2 Å². The standard InChI is InChI=1S/C36H50N6O6S/c1-6-26(4)34(40-36(45)41(5)23-29-13-10-14-30(37)19-29)35(44)39-32(20-27-11-8-7-9-12-27)33(43)24-42(22-25(2)3)49(47,48)31-17-15-28(16-18-31)21-38-46/h7-19,21,25-26,32-34,43,46H,6,20,22-24,37H2,1-5H3,(H,39,44)(H,40,45)/t26-,32-,33+,34-/m0/s1. The summed E-state index contributed by atoms with van der Waals surface area (Å²) in [4.78, 5) is 28.7. The fraction of sp³-hybridized carbons (Fsp3) is 0.417. The van der Waals surface area contributed by atoms with Crippen LogP contribution < -0.4 is 16.4 Å². The Morgan fingerprint density at radius 2 is 1.59 bits per heavy atom. The molecule has 3 rings (SSSR count). The normalized spacial score (nSPS) is 14.4. The minimum absolute atomic E-state index is 0.0148. The number of carbonyl (C=O) groups is 2. The number of oxime groups is 1. The van der Waals surface area contributed by atoms with Crippen molar-refractivity contribution in [1.82, 2.24) is 19.8 Å². The van der Waals surface area contributed by atoms with E-state index < -0.39 is 40.1 Å². The first-order chi connectivity index (χ1) is 23.2. The number of hydrogen-bond donors (Lipinski definition) is 5. The van der Waals surface area contributed by atoms with E-state index >= 15 is 0 Å². The Bertz CT molecular complexity index is 1640. The highest BCUT2D eigenvalue weighted by atomic mass is 32.2. The lowest BCUT2D eigenvalue weighted by Crippen LogP contribution is -2.58. The molecule has 0 bridgehead atoms. The van der Waals surface area contributed by atoms with Crippen molar-refractivity contribution in [3.8, 4) is 0 Å². The van der Waals surface area contributed by atoms with Gasteiger partial charge in [-0.1, -0.05) is 93.9 Å². The Labute approximate surface area is 290 Å². The molecule has 0 spiro atoms. The van der Waals surface area contributed by atoms with Crippen LogP contribution in [0.2, 0.25) is 0 Å². The molecule has 0 radical (unpaired) electrons. The first kappa shape index (κ1) is 39.0. The molecule has 0 unspecified atom stereocenters. The molecule has 4 atom stereocenters. The van der Waals surface area contributed by atoms with E-state index in [1.54, 1.807) is 19.2 Å². The Kier molecular flexibility index (Phi) is 14.6. The van der Waals surface area contributed by atoms with Crippen molar-refractivity contribution >= 4 is 33.9 Å². The fourth-order valence-corrected chi connectivity index (χ4v) is 6.98. The number of nitrogens with zero attached hydrogens (tertiary/aromatic N) is 3. The van der Waals surface area contributed by atoms with Crippen molar-refractivity contribution in [1.29, 1.82) is 0 Å². The second-order valence-corrected chi connectivity index (χ2v) is 14.8. The average molecular weight is 695 g/mol. The van der Waals surface area contributed by atoms with Gasteiger partial charge >= 0.3 is 6.03 Å². The number of sulfonamides is 1. The average Bonchev–Trinajstić information content (AvgIpc) is 3.06. The van der Waals surface area contributed by atoms with Gasteiger partial charge in [-0.25, -0.2) is 13.2 Å². The van der Waals surface area contributed by atoms with Crippen LogP contribution in [0.5, 0.6) is 0 Å². The first-order valence-corrected chi connectivity index (χ1v) is 17.8. The molecule has 6 N–H and O–H groups in total. The largest absolute Gasteiger partial charge is 0.411 e. The van der Waals surface area contributed by atoms with Crippen LogP contribution in [0, 0.1) is 11.8 Å². The molecule has 0 aromatic heterocycles. The van der Waals surface area contributed by atoms with Crippen LogP contribution in [0.25, 0.3) is 0 Å². The molecule has 0 saturated heterocycles. The quantitative estimate of drug-likeness (QED) is 0.0612. The van der Waals surface area contributed by atoms with Crippen LogP contribution >= 0.6 is 0 Å². The van der Waals surface area contributed by atoms with Crippen LogP contribution in [0.1, 0.15) is 50.8 Å². The van der Waals surface area contributed by atoms with Gasteiger partial charge in [-0.05, 0) is 59.2 Å². The van der Waals surface area contributed by atoms with Gasteiger partial charge in [0.15, 0.2) is 0 Å². The van der Waals surface area contributed by atoms with Gasteiger partial charge in [-0.2, -0.15) is 4.31 Å². The number of amides is 3. The molecule has 0 heterocycles. The molecular formula is C36H50N6O6S. The van der Waals surface area contributed by atoms with Crippen molar-refractivity contribution in [3.63, 3.8) is 0 Å². The Hall–Kier alpha value is -4.46. The van der Waals surface area contributed by atoms with Gasteiger partial charge in [-0.15, -0.1) is 0 Å². The molecule has 266 valence electrons. The molecule has 0 aliphatic rings. The zero-order valence-corrected chi connectivity index (χ0v) is 29.7. The predicted molar refractivity (Wildman–Crippen MR) is 192 cm³/mol. The first-order valence-electron chi connectivity index (χ1n) is 16.4. The zero-order valence-electron chi connectivity index (χ0n) is 28.9. The second-order valence-electron chi connectivity index (χ2n) is 12.8. The number of aliphatic hydroxyl groups excluding tert-OH is 1. The highest BCUT2D eigenvalue weighted by Crippen LogP contribution is 2.20. The zero-order chi connectivity index (χ0) is 36.1. The van der Waals surface area contributed by atoms with Crippen molar-refractivity contribution in [3.05, 3.63) is 95.6 Å². The minimum atomic E-state index is -4.06. The topological polar surface area (TPSA) is 178 Å². The molecule has 0 aliphatic heterocycles. The van der Waals surface area contributed by atoms with E-state index in [1.165, 1.54) is 39.7 Å². The number of anilines is 1. The van der Waals surface area contributed by atoms with E-state index in [1.807, 2.05) is 70.2 Å². The number of carbonyl (C=O) groups excluding carboxylic acids is 2. The minimum Gasteiger partial charge on any atom is -0.411 e. The van der Waals surface area contributed by atoms with E-state index in [0.29, 0.717) is 17.7 Å². The molecule has 0 fully saturated rings. The maximum Gasteiger partial charge on any atom is 0.318 e. The summed E-state index contributed by atoms with van der Waals surface area (Å²) in [7, 11) is -2.43. The summed E-state index contributed by atoms with van der Waals surface area (Å²) in [6.07, 6.45) is 0.690. The molecule has 3 aromatic carbocycles. The number of urea groups is 1. The summed E-state index contributed by atoms with van der Waals surface area (Å²) in [6.45, 7) is 7.64. The third-order valence-corrected chi connectivity index (χ3v) is 10.1. The van der Waals surface area contributed by atoms with E-state index in [2.05, 4.69) is 15.8 Å². The fourth-order valence-electron chi connectivity index (χ4n) is 5.36. The molecule has 12 nitrogen and oxygen atoms in total. The van der Waals surface area contributed by atoms with Gasteiger partial charge in [0.25, 0.3) is 0 Å². The van der Waals surface area contributed by atoms with Crippen LogP contribution in [0.3, 0.4) is 0 Å². The lowest BCUT2D eigenvalue weighted by atomic mass is 9.96. The Balaban J connectivity index is 1.87. The molecule has 13 heteroatoms. The van der Waals surface area contributed by atoms with Gasteiger partial charge < -0.3 is 31.6 Å². The molecule has 49 heavy (non-hydrogen) atoms. The second kappa shape index (κ2) is 18.3. The summed E-state index contributed by atoms with van der Waals surface area (Å²) in [6, 6.07) is 20.1. The molecule has 3 amide bonds. The third kappa shape index (κ3) is 11.6. The number of nitrogens with two attached hydrogens (primary N) is 1. The maximum absolute atomic E-state index is 13.9. The SMILES string of the molecule is CC[C@H](C)[C@H](NC(=O)N(C)Cc1cccc(N)c1)C(=O)N[C@@H](Cc1ccccc1)[C@H](O)CN(CC(C)C)S(=O)(=O)c1ccc(C=NO)cc1. The van der Waals surface area contributed by atoms with Gasteiger partial charge in [0.05, 0.1) is 23.3 Å². The highest BCUT2D eigenvalue weighted by molar-refractivity contribution is 7.89. The monoisotopic (exact) mass is 694 g/mol. The number of nitrogen functional groups attached to an aromatic ring is 1. The number of rotatable bonds is 17. The van der Waals surface area contributed by atoms with Crippen LogP contribution in [-0.2, 0) is 27.8 Å². The van der Waals surface area contributed by atoms with Crippen LogP contribution in [0.4, 0.5) is 10.5 Å². The summed E-state index contributed by atoms with van der Waals surface area (Å²) in [5.41, 5.74) is 8.66. The number of hydrogen-bond acceptors (Lipinski definition) is 8. The predicted octanol–water partition coefficient (Wildman–Crippen LogP) is 4.07. The van der Waals surface area contributed by atoms with Gasteiger partial charge in [-0.3, -0.25) is 4.79 Å². The lowest BCUT2D eigenvalue weighted by molar-refractivity contribution is -0.125. The number of nitrogens with one attached hydrogen (secondary N) is 2. The van der Waals surface area contributed by atoms with E-state index in [4.69, 9.17) is 10.9 Å². The molecule has 0 aliphatic carbocycles. The third-order valence-electron chi connectivity index (χ3n) is 8.27. The maximum atomic E-state index is 13.9. The van der Waals surface area contributed by atoms with E-state index in [9.17, 15) is 23.1 Å². The van der Waals surface area contributed by atoms with E-state index in [-0.39, 0.29) is 42.8 Å². The molecule has 0 saturated carbocycles. The highest BCUT2D eigenvalue weighted by Gasteiger charge is 2.34. The number of aliphatic hydroxyl groups is 1. The summed E-state index contributed by atoms with van der Waals surface area (Å²) in [5, 5.41) is 29.3.